The summed E-state index contributed by atoms with van der Waals surface area (Å²) in [6.07, 6.45) is 4.16. The van der Waals surface area contributed by atoms with Crippen LogP contribution >= 0.6 is 0 Å². The van der Waals surface area contributed by atoms with E-state index in [4.69, 9.17) is 4.74 Å². The number of carbonyl (C=O) groups excluding carboxylic acids is 1. The predicted molar refractivity (Wildman–Crippen MR) is 70.8 cm³/mol. The summed E-state index contributed by atoms with van der Waals surface area (Å²) in [4.78, 5) is 15.4. The number of pyridine rings is 1. The Bertz CT molecular complexity index is 490. The van der Waals surface area contributed by atoms with Gasteiger partial charge in [-0.15, -0.1) is 0 Å². The van der Waals surface area contributed by atoms with Crippen LogP contribution in [0.2, 0.25) is 0 Å². The summed E-state index contributed by atoms with van der Waals surface area (Å²) in [5.74, 6) is -0.138. The monoisotopic (exact) mass is 265 g/mol. The summed E-state index contributed by atoms with van der Waals surface area (Å²) >= 11 is 0. The van der Waals surface area contributed by atoms with Crippen LogP contribution in [0.15, 0.2) is 6.20 Å². The van der Waals surface area contributed by atoms with Crippen LogP contribution in [0.3, 0.4) is 0 Å². The Balaban J connectivity index is 2.41. The fourth-order valence-corrected chi connectivity index (χ4v) is 2.20. The number of hydrogen-bond acceptors (Lipinski definition) is 3. The molecule has 0 amide bonds. The Hall–Kier alpha value is -1.45. The highest BCUT2D eigenvalue weighted by Gasteiger charge is 2.35. The number of aldehydes is 1. The van der Waals surface area contributed by atoms with Crippen LogP contribution in [0.5, 0.6) is 5.75 Å². The average Bonchev–Trinajstić information content (AvgIpc) is 3.11. The van der Waals surface area contributed by atoms with Gasteiger partial charge in [-0.05, 0) is 46.5 Å². The lowest BCUT2D eigenvalue weighted by Gasteiger charge is -2.24. The highest BCUT2D eigenvalue weighted by molar-refractivity contribution is 5.64. The van der Waals surface area contributed by atoms with E-state index in [0.717, 1.165) is 25.3 Å². The first-order valence-electron chi connectivity index (χ1n) is 6.63. The highest BCUT2D eigenvalue weighted by Crippen LogP contribution is 2.43. The maximum atomic E-state index is 13.9. The summed E-state index contributed by atoms with van der Waals surface area (Å²) < 4.78 is 19.5. The molecule has 0 spiro atoms. The smallest absolute Gasteiger partial charge is 0.183 e. The fourth-order valence-electron chi connectivity index (χ4n) is 2.20. The molecule has 19 heavy (non-hydrogen) atoms. The number of ether oxygens (including phenoxy) is 1. The van der Waals surface area contributed by atoms with Crippen molar-refractivity contribution >= 4 is 6.29 Å². The largest absolute Gasteiger partial charge is 0.485 e. The lowest BCUT2D eigenvalue weighted by Crippen LogP contribution is -2.25. The molecule has 0 N–H and O–H groups in total. The zero-order valence-corrected chi connectivity index (χ0v) is 11.9. The SMILES string of the molecule is Cc1c(C(C=O)C2CC2)ncc(F)c1OC(C)(C)C. The van der Waals surface area contributed by atoms with Gasteiger partial charge in [0.2, 0.25) is 0 Å². The van der Waals surface area contributed by atoms with E-state index in [1.54, 1.807) is 6.92 Å². The molecule has 0 aliphatic heterocycles. The average molecular weight is 265 g/mol. The van der Waals surface area contributed by atoms with Crippen LogP contribution in [0.25, 0.3) is 0 Å². The lowest BCUT2D eigenvalue weighted by atomic mass is 9.96. The molecule has 1 aliphatic carbocycles. The minimum Gasteiger partial charge on any atom is -0.485 e. The van der Waals surface area contributed by atoms with Crippen molar-refractivity contribution in [1.82, 2.24) is 4.98 Å². The first-order chi connectivity index (χ1) is 8.83. The van der Waals surface area contributed by atoms with Crippen molar-refractivity contribution in [3.8, 4) is 5.75 Å². The zero-order valence-electron chi connectivity index (χ0n) is 11.9. The summed E-state index contributed by atoms with van der Waals surface area (Å²) in [6.45, 7) is 7.36. The molecule has 1 fully saturated rings. The molecule has 1 aromatic heterocycles. The molecule has 104 valence electrons. The second-order valence-electron chi connectivity index (χ2n) is 6.16. The number of hydrogen-bond donors (Lipinski definition) is 0. The van der Waals surface area contributed by atoms with Crippen molar-refractivity contribution in [2.24, 2.45) is 5.92 Å². The Morgan fingerprint density at radius 3 is 2.58 bits per heavy atom. The second-order valence-corrected chi connectivity index (χ2v) is 6.16. The second kappa shape index (κ2) is 4.91. The molecule has 1 atom stereocenters. The van der Waals surface area contributed by atoms with Gasteiger partial charge >= 0.3 is 0 Å². The number of halogens is 1. The lowest BCUT2D eigenvalue weighted by molar-refractivity contribution is -0.109. The van der Waals surface area contributed by atoms with Gasteiger partial charge in [-0.3, -0.25) is 4.98 Å². The highest BCUT2D eigenvalue weighted by atomic mass is 19.1. The zero-order chi connectivity index (χ0) is 14.2. The molecular formula is C15H20FNO2. The van der Waals surface area contributed by atoms with Crippen LogP contribution < -0.4 is 4.74 Å². The maximum absolute atomic E-state index is 13.9. The van der Waals surface area contributed by atoms with Crippen LogP contribution in [0.4, 0.5) is 4.39 Å². The van der Waals surface area contributed by atoms with Crippen molar-refractivity contribution < 1.29 is 13.9 Å². The van der Waals surface area contributed by atoms with Gasteiger partial charge in [-0.2, -0.15) is 0 Å². The van der Waals surface area contributed by atoms with E-state index in [9.17, 15) is 9.18 Å². The molecule has 1 unspecified atom stereocenters. The van der Waals surface area contributed by atoms with E-state index < -0.39 is 11.4 Å². The predicted octanol–water partition coefficient (Wildman–Crippen LogP) is 3.40. The van der Waals surface area contributed by atoms with Gasteiger partial charge < -0.3 is 9.53 Å². The summed E-state index contributed by atoms with van der Waals surface area (Å²) in [6, 6.07) is 0. The van der Waals surface area contributed by atoms with Gasteiger partial charge in [0.25, 0.3) is 0 Å². The first-order valence-corrected chi connectivity index (χ1v) is 6.63. The van der Waals surface area contributed by atoms with E-state index >= 15 is 0 Å². The molecule has 4 heteroatoms. The fraction of sp³-hybridized carbons (Fsp3) is 0.600. The van der Waals surface area contributed by atoms with Crippen molar-refractivity contribution in [3.63, 3.8) is 0 Å². The van der Waals surface area contributed by atoms with Crippen LogP contribution in [0.1, 0.15) is 50.8 Å². The summed E-state index contributed by atoms with van der Waals surface area (Å²) in [5, 5.41) is 0. The summed E-state index contributed by atoms with van der Waals surface area (Å²) in [7, 11) is 0. The van der Waals surface area contributed by atoms with Gasteiger partial charge in [-0.1, -0.05) is 0 Å². The van der Waals surface area contributed by atoms with E-state index in [1.807, 2.05) is 20.8 Å². The quantitative estimate of drug-likeness (QED) is 0.783. The van der Waals surface area contributed by atoms with Crippen molar-refractivity contribution in [3.05, 3.63) is 23.3 Å². The standard InChI is InChI=1S/C15H20FNO2/c1-9-13(11(8-18)10-5-6-10)17-7-12(16)14(9)19-15(2,3)4/h7-8,10-11H,5-6H2,1-4H3. The van der Waals surface area contributed by atoms with Crippen molar-refractivity contribution in [2.45, 2.75) is 52.1 Å². The Kier molecular flexibility index (Phi) is 3.61. The third-order valence-corrected chi connectivity index (χ3v) is 3.26. The molecule has 0 saturated heterocycles. The molecule has 1 aliphatic rings. The normalized spacial score (nSPS) is 17.1. The van der Waals surface area contributed by atoms with Gasteiger partial charge in [0.15, 0.2) is 11.6 Å². The van der Waals surface area contributed by atoms with E-state index in [0.29, 0.717) is 17.2 Å². The van der Waals surface area contributed by atoms with E-state index in [-0.39, 0.29) is 11.7 Å². The summed E-state index contributed by atoms with van der Waals surface area (Å²) in [5.41, 5.74) is 0.803. The van der Waals surface area contributed by atoms with Gasteiger partial charge in [0, 0.05) is 5.56 Å². The molecule has 1 aromatic rings. The van der Waals surface area contributed by atoms with E-state index in [2.05, 4.69) is 4.98 Å². The third kappa shape index (κ3) is 3.11. The van der Waals surface area contributed by atoms with Gasteiger partial charge in [0.1, 0.15) is 11.9 Å². The molecular weight excluding hydrogens is 245 g/mol. The topological polar surface area (TPSA) is 39.2 Å². The maximum Gasteiger partial charge on any atom is 0.183 e. The van der Waals surface area contributed by atoms with Crippen LogP contribution in [-0.2, 0) is 4.79 Å². The van der Waals surface area contributed by atoms with Crippen LogP contribution in [0, 0.1) is 18.7 Å². The first kappa shape index (κ1) is 14.0. The number of aromatic nitrogens is 1. The Morgan fingerprint density at radius 2 is 2.11 bits per heavy atom. The number of carbonyl (C=O) groups is 1. The van der Waals surface area contributed by atoms with Gasteiger partial charge in [0.05, 0.1) is 17.8 Å². The molecule has 1 heterocycles. The molecule has 3 nitrogen and oxygen atoms in total. The number of nitrogens with zero attached hydrogens (tertiary/aromatic N) is 1. The van der Waals surface area contributed by atoms with E-state index in [1.165, 1.54) is 0 Å². The minimum absolute atomic E-state index is 0.213. The minimum atomic E-state index is -0.486. The van der Waals surface area contributed by atoms with Crippen molar-refractivity contribution in [1.29, 1.82) is 0 Å². The molecule has 0 aromatic carbocycles. The molecule has 0 bridgehead atoms. The molecule has 2 rings (SSSR count). The van der Waals surface area contributed by atoms with Crippen LogP contribution in [-0.4, -0.2) is 16.9 Å². The van der Waals surface area contributed by atoms with Gasteiger partial charge in [-0.25, -0.2) is 4.39 Å². The molecule has 1 saturated carbocycles. The Labute approximate surface area is 113 Å². The number of rotatable bonds is 4. The Morgan fingerprint density at radius 1 is 1.47 bits per heavy atom. The third-order valence-electron chi connectivity index (χ3n) is 3.26. The molecule has 0 radical (unpaired) electrons. The van der Waals surface area contributed by atoms with Crippen molar-refractivity contribution in [2.75, 3.05) is 0 Å².